The van der Waals surface area contributed by atoms with Crippen LogP contribution in [0.4, 0.5) is 4.79 Å². The van der Waals surface area contributed by atoms with E-state index < -0.39 is 5.60 Å². The molecule has 0 aromatic carbocycles. The Bertz CT molecular complexity index is 418. The van der Waals surface area contributed by atoms with Gasteiger partial charge in [-0.3, -0.25) is 4.90 Å². The highest BCUT2D eigenvalue weighted by Gasteiger charge is 2.40. The molecule has 1 heterocycles. The van der Waals surface area contributed by atoms with E-state index >= 15 is 0 Å². The number of nitrogens with one attached hydrogen (secondary N) is 1. The number of H-pyrrole nitrogens is 1. The van der Waals surface area contributed by atoms with E-state index in [-0.39, 0.29) is 18.2 Å². The van der Waals surface area contributed by atoms with Gasteiger partial charge < -0.3 is 15.5 Å². The maximum absolute atomic E-state index is 12.4. The van der Waals surface area contributed by atoms with E-state index in [4.69, 9.17) is 10.5 Å². The molecule has 0 saturated heterocycles. The fraction of sp³-hybridized carbons (Fsp3) is 0.643. The predicted octanol–water partition coefficient (Wildman–Crippen LogP) is 2.41. The Morgan fingerprint density at radius 3 is 2.68 bits per heavy atom. The molecule has 3 N–H and O–H groups in total. The molecule has 1 fully saturated rings. The smallest absolute Gasteiger partial charge is 0.411 e. The number of aromatic nitrogens is 1. The summed E-state index contributed by atoms with van der Waals surface area (Å²) >= 11 is 0. The number of amides is 1. The number of carbonyl (C=O) groups is 1. The van der Waals surface area contributed by atoms with Gasteiger partial charge in [0, 0.05) is 24.5 Å². The summed E-state index contributed by atoms with van der Waals surface area (Å²) < 4.78 is 5.50. The molecule has 0 spiro atoms. The summed E-state index contributed by atoms with van der Waals surface area (Å²) in [5.41, 5.74) is 6.33. The van der Waals surface area contributed by atoms with Gasteiger partial charge in [-0.05, 0) is 45.7 Å². The van der Waals surface area contributed by atoms with Gasteiger partial charge in [0.1, 0.15) is 5.60 Å². The average molecular weight is 265 g/mol. The number of rotatable bonds is 4. The number of hydrogen-bond donors (Lipinski definition) is 2. The molecule has 1 aliphatic rings. The number of nitrogens with zero attached hydrogens (tertiary/aromatic N) is 1. The molecule has 106 valence electrons. The zero-order chi connectivity index (χ0) is 14.0. The third-order valence-corrected chi connectivity index (χ3v) is 3.08. The molecule has 0 radical (unpaired) electrons. The topological polar surface area (TPSA) is 71.3 Å². The maximum atomic E-state index is 12.4. The molecule has 1 atom stereocenters. The minimum atomic E-state index is -0.487. The van der Waals surface area contributed by atoms with Crippen molar-refractivity contribution in [3.05, 3.63) is 24.0 Å². The van der Waals surface area contributed by atoms with Crippen LogP contribution in [0.5, 0.6) is 0 Å². The average Bonchev–Trinajstić information content (AvgIpc) is 2.97. The van der Waals surface area contributed by atoms with E-state index in [1.165, 1.54) is 0 Å². The summed E-state index contributed by atoms with van der Waals surface area (Å²) in [5, 5.41) is 0. The van der Waals surface area contributed by atoms with Gasteiger partial charge in [-0.25, -0.2) is 4.79 Å². The predicted molar refractivity (Wildman–Crippen MR) is 73.7 cm³/mol. The molecule has 5 nitrogen and oxygen atoms in total. The van der Waals surface area contributed by atoms with Gasteiger partial charge in [-0.1, -0.05) is 0 Å². The Hall–Kier alpha value is -1.49. The van der Waals surface area contributed by atoms with E-state index in [9.17, 15) is 4.79 Å². The zero-order valence-electron chi connectivity index (χ0n) is 11.8. The van der Waals surface area contributed by atoms with Crippen LogP contribution in [0.2, 0.25) is 0 Å². The lowest BCUT2D eigenvalue weighted by molar-refractivity contribution is 0.0140. The van der Waals surface area contributed by atoms with E-state index in [0.717, 1.165) is 18.5 Å². The van der Waals surface area contributed by atoms with Crippen LogP contribution in [0.3, 0.4) is 0 Å². The molecule has 1 amide bonds. The molecule has 1 aromatic heterocycles. The van der Waals surface area contributed by atoms with Crippen molar-refractivity contribution < 1.29 is 9.53 Å². The van der Waals surface area contributed by atoms with Crippen molar-refractivity contribution in [3.8, 4) is 0 Å². The SMILES string of the molecule is CC(C)(C)OC(=O)N(C1CC1)C(CN)c1ccc[nH]1. The van der Waals surface area contributed by atoms with Crippen molar-refractivity contribution in [1.82, 2.24) is 9.88 Å². The molecular weight excluding hydrogens is 242 g/mol. The Labute approximate surface area is 114 Å². The first-order valence-electron chi connectivity index (χ1n) is 6.77. The third kappa shape index (κ3) is 3.50. The number of hydrogen-bond acceptors (Lipinski definition) is 3. The molecule has 1 unspecified atom stereocenters. The van der Waals surface area contributed by atoms with Gasteiger partial charge in [-0.2, -0.15) is 0 Å². The summed E-state index contributed by atoms with van der Waals surface area (Å²) in [6, 6.07) is 3.99. The highest BCUT2D eigenvalue weighted by molar-refractivity contribution is 5.69. The number of nitrogens with two attached hydrogens (primary N) is 1. The van der Waals surface area contributed by atoms with E-state index in [0.29, 0.717) is 6.54 Å². The van der Waals surface area contributed by atoms with Crippen LogP contribution in [0.15, 0.2) is 18.3 Å². The van der Waals surface area contributed by atoms with Gasteiger partial charge in [-0.15, -0.1) is 0 Å². The monoisotopic (exact) mass is 265 g/mol. The van der Waals surface area contributed by atoms with Crippen molar-refractivity contribution in [2.75, 3.05) is 6.54 Å². The molecule has 1 saturated carbocycles. The molecule has 19 heavy (non-hydrogen) atoms. The Morgan fingerprint density at radius 1 is 1.58 bits per heavy atom. The summed E-state index contributed by atoms with van der Waals surface area (Å²) in [6.45, 7) is 6.02. The first-order chi connectivity index (χ1) is 8.92. The Morgan fingerprint density at radius 2 is 2.26 bits per heavy atom. The van der Waals surface area contributed by atoms with Crippen molar-refractivity contribution in [2.45, 2.75) is 51.3 Å². The van der Waals surface area contributed by atoms with Crippen LogP contribution < -0.4 is 5.73 Å². The van der Waals surface area contributed by atoms with E-state index in [1.54, 1.807) is 4.90 Å². The number of ether oxygens (including phenoxy) is 1. The Balaban J connectivity index is 2.17. The quantitative estimate of drug-likeness (QED) is 0.878. The lowest BCUT2D eigenvalue weighted by atomic mass is 10.1. The molecule has 1 aromatic rings. The van der Waals surface area contributed by atoms with Crippen molar-refractivity contribution in [3.63, 3.8) is 0 Å². The fourth-order valence-electron chi connectivity index (χ4n) is 2.14. The second kappa shape index (κ2) is 5.25. The maximum Gasteiger partial charge on any atom is 0.411 e. The summed E-state index contributed by atoms with van der Waals surface area (Å²) in [4.78, 5) is 17.3. The summed E-state index contributed by atoms with van der Waals surface area (Å²) in [6.07, 6.45) is 3.62. The molecule has 5 heteroatoms. The summed E-state index contributed by atoms with van der Waals surface area (Å²) in [7, 11) is 0. The van der Waals surface area contributed by atoms with Gasteiger partial charge >= 0.3 is 6.09 Å². The van der Waals surface area contributed by atoms with Crippen LogP contribution in [-0.4, -0.2) is 34.2 Å². The van der Waals surface area contributed by atoms with Crippen LogP contribution >= 0.6 is 0 Å². The van der Waals surface area contributed by atoms with Gasteiger partial charge in [0.2, 0.25) is 0 Å². The molecule has 2 rings (SSSR count). The summed E-state index contributed by atoms with van der Waals surface area (Å²) in [5.74, 6) is 0. The van der Waals surface area contributed by atoms with E-state index in [1.807, 2.05) is 39.1 Å². The lowest BCUT2D eigenvalue weighted by Crippen LogP contribution is -2.43. The van der Waals surface area contributed by atoms with Crippen molar-refractivity contribution in [1.29, 1.82) is 0 Å². The van der Waals surface area contributed by atoms with Gasteiger partial charge in [0.05, 0.1) is 6.04 Å². The fourth-order valence-corrected chi connectivity index (χ4v) is 2.14. The van der Waals surface area contributed by atoms with Crippen molar-refractivity contribution in [2.24, 2.45) is 5.73 Å². The normalized spacial score (nSPS) is 17.1. The first-order valence-corrected chi connectivity index (χ1v) is 6.77. The molecule has 0 aliphatic heterocycles. The van der Waals surface area contributed by atoms with Crippen LogP contribution in [0.25, 0.3) is 0 Å². The number of carbonyl (C=O) groups excluding carboxylic acids is 1. The van der Waals surface area contributed by atoms with Gasteiger partial charge in [0.25, 0.3) is 0 Å². The first kappa shape index (κ1) is 13.9. The minimum absolute atomic E-state index is 0.141. The van der Waals surface area contributed by atoms with Crippen LogP contribution in [0, 0.1) is 0 Å². The van der Waals surface area contributed by atoms with Crippen LogP contribution in [0.1, 0.15) is 45.3 Å². The zero-order valence-corrected chi connectivity index (χ0v) is 11.8. The largest absolute Gasteiger partial charge is 0.444 e. The van der Waals surface area contributed by atoms with Gasteiger partial charge in [0.15, 0.2) is 0 Å². The highest BCUT2D eigenvalue weighted by atomic mass is 16.6. The minimum Gasteiger partial charge on any atom is -0.444 e. The molecule has 0 bridgehead atoms. The standard InChI is InChI=1S/C14H23N3O2/c1-14(2,3)19-13(18)17(10-6-7-10)12(9-15)11-5-4-8-16-11/h4-5,8,10,12,16H,6-7,9,15H2,1-3H3. The highest BCUT2D eigenvalue weighted by Crippen LogP contribution is 2.34. The number of aromatic amines is 1. The third-order valence-electron chi connectivity index (χ3n) is 3.08. The molecule has 1 aliphatic carbocycles. The van der Waals surface area contributed by atoms with E-state index in [2.05, 4.69) is 4.98 Å². The van der Waals surface area contributed by atoms with Crippen molar-refractivity contribution >= 4 is 6.09 Å². The second-order valence-electron chi connectivity index (χ2n) is 6.00. The lowest BCUT2D eigenvalue weighted by Gasteiger charge is -2.32. The van der Waals surface area contributed by atoms with Crippen LogP contribution in [-0.2, 0) is 4.74 Å². The molecular formula is C14H23N3O2. The second-order valence-corrected chi connectivity index (χ2v) is 6.00. The Kier molecular flexibility index (Phi) is 3.85.